The van der Waals surface area contributed by atoms with Gasteiger partial charge in [-0.3, -0.25) is 0 Å². The van der Waals surface area contributed by atoms with Crippen LogP contribution in [-0.4, -0.2) is 36.4 Å². The van der Waals surface area contributed by atoms with Crippen LogP contribution in [0.2, 0.25) is 0 Å². The number of carbonyl (C=O) groups excluding carboxylic acids is 1. The summed E-state index contributed by atoms with van der Waals surface area (Å²) in [7, 11) is 1.33. The monoisotopic (exact) mass is 332 g/mol. The van der Waals surface area contributed by atoms with Crippen LogP contribution in [0.1, 0.15) is 46.1 Å². The van der Waals surface area contributed by atoms with Crippen LogP contribution in [-0.2, 0) is 16.1 Å². The van der Waals surface area contributed by atoms with Gasteiger partial charge < -0.3 is 18.7 Å². The lowest BCUT2D eigenvalue weighted by Gasteiger charge is -2.20. The van der Waals surface area contributed by atoms with Crippen molar-refractivity contribution in [3.8, 4) is 5.88 Å². The molecular weight excluding hydrogens is 312 g/mol. The molecule has 2 aromatic rings. The van der Waals surface area contributed by atoms with E-state index in [2.05, 4.69) is 14.9 Å². The van der Waals surface area contributed by atoms with Gasteiger partial charge in [0.15, 0.2) is 0 Å². The number of pyridine rings is 1. The predicted molar refractivity (Wildman–Crippen MR) is 83.9 cm³/mol. The lowest BCUT2D eigenvalue weighted by atomic mass is 9.93. The van der Waals surface area contributed by atoms with Crippen molar-refractivity contribution in [3.63, 3.8) is 0 Å². The van der Waals surface area contributed by atoms with Crippen molar-refractivity contribution in [2.75, 3.05) is 20.3 Å². The summed E-state index contributed by atoms with van der Waals surface area (Å²) in [5.41, 5.74) is 2.29. The minimum Gasteiger partial charge on any atom is -0.473 e. The molecule has 3 heterocycles. The van der Waals surface area contributed by atoms with Gasteiger partial charge in [0.2, 0.25) is 5.88 Å². The molecule has 0 atom stereocenters. The van der Waals surface area contributed by atoms with Gasteiger partial charge in [-0.2, -0.15) is 0 Å². The van der Waals surface area contributed by atoms with Crippen LogP contribution in [0.25, 0.3) is 0 Å². The molecule has 0 N–H and O–H groups in total. The van der Waals surface area contributed by atoms with Crippen LogP contribution < -0.4 is 4.74 Å². The largest absolute Gasteiger partial charge is 0.473 e. The summed E-state index contributed by atoms with van der Waals surface area (Å²) in [6, 6.07) is 3.26. The fourth-order valence-electron chi connectivity index (χ4n) is 2.73. The molecule has 0 aromatic carbocycles. The molecule has 0 aliphatic carbocycles. The molecule has 0 unspecified atom stereocenters. The zero-order valence-electron chi connectivity index (χ0n) is 13.8. The van der Waals surface area contributed by atoms with E-state index in [0.29, 0.717) is 24.0 Å². The number of carbonyl (C=O) groups is 1. The summed E-state index contributed by atoms with van der Waals surface area (Å²) < 4.78 is 21.1. The minimum atomic E-state index is -0.425. The zero-order valence-corrected chi connectivity index (χ0v) is 13.8. The van der Waals surface area contributed by atoms with Gasteiger partial charge in [-0.25, -0.2) is 9.78 Å². The van der Waals surface area contributed by atoms with Crippen molar-refractivity contribution in [1.29, 1.82) is 0 Å². The Morgan fingerprint density at radius 1 is 1.33 bits per heavy atom. The van der Waals surface area contributed by atoms with E-state index in [0.717, 1.165) is 43.1 Å². The summed E-state index contributed by atoms with van der Waals surface area (Å²) in [6.07, 6.45) is 3.30. The lowest BCUT2D eigenvalue weighted by Crippen LogP contribution is -2.16. The summed E-state index contributed by atoms with van der Waals surface area (Å²) in [5, 5.41) is 4.21. The Labute approximate surface area is 139 Å². The Morgan fingerprint density at radius 3 is 2.79 bits per heavy atom. The van der Waals surface area contributed by atoms with Gasteiger partial charge in [-0.15, -0.1) is 0 Å². The van der Waals surface area contributed by atoms with Crippen molar-refractivity contribution >= 4 is 5.97 Å². The predicted octanol–water partition coefficient (Wildman–Crippen LogP) is 2.64. The van der Waals surface area contributed by atoms with Gasteiger partial charge in [-0.05, 0) is 25.8 Å². The molecule has 0 amide bonds. The van der Waals surface area contributed by atoms with E-state index >= 15 is 0 Å². The van der Waals surface area contributed by atoms with Crippen LogP contribution in [0.5, 0.6) is 5.88 Å². The highest BCUT2D eigenvalue weighted by molar-refractivity contribution is 5.88. The molecule has 1 aliphatic rings. The molecule has 24 heavy (non-hydrogen) atoms. The van der Waals surface area contributed by atoms with E-state index in [1.807, 2.05) is 6.92 Å². The third-order valence-corrected chi connectivity index (χ3v) is 4.14. The number of esters is 1. The van der Waals surface area contributed by atoms with E-state index in [4.69, 9.17) is 14.0 Å². The third kappa shape index (κ3) is 3.56. The average Bonchev–Trinajstić information content (AvgIpc) is 3.01. The summed E-state index contributed by atoms with van der Waals surface area (Å²) >= 11 is 0. The Hall–Kier alpha value is -2.41. The smallest absolute Gasteiger partial charge is 0.339 e. The Kier molecular flexibility index (Phi) is 5.10. The van der Waals surface area contributed by atoms with Crippen LogP contribution in [0, 0.1) is 6.92 Å². The molecule has 7 heteroatoms. The second-order valence-corrected chi connectivity index (χ2v) is 5.65. The third-order valence-electron chi connectivity index (χ3n) is 4.14. The fraction of sp³-hybridized carbons (Fsp3) is 0.471. The van der Waals surface area contributed by atoms with Gasteiger partial charge in [-0.1, -0.05) is 5.16 Å². The fourth-order valence-corrected chi connectivity index (χ4v) is 2.73. The number of nitrogens with zero attached hydrogens (tertiary/aromatic N) is 2. The number of hydrogen-bond donors (Lipinski definition) is 0. The molecular formula is C17H20N2O5. The second-order valence-electron chi connectivity index (χ2n) is 5.65. The molecule has 3 rings (SSSR count). The van der Waals surface area contributed by atoms with E-state index in [-0.39, 0.29) is 0 Å². The van der Waals surface area contributed by atoms with E-state index in [1.54, 1.807) is 12.1 Å². The normalized spacial score (nSPS) is 15.2. The molecule has 7 nitrogen and oxygen atoms in total. The van der Waals surface area contributed by atoms with Crippen molar-refractivity contribution in [1.82, 2.24) is 10.1 Å². The molecule has 1 aliphatic heterocycles. The topological polar surface area (TPSA) is 83.7 Å². The SMILES string of the molecule is COC(=O)c1ccc(OCc2c(C3CCOCC3)noc2C)nc1. The standard InChI is InChI=1S/C17H20N2O5/c1-11-14(16(19-24-11)12-5-7-22-8-6-12)10-23-15-4-3-13(9-18-15)17(20)21-2/h3-4,9,12H,5-8,10H2,1-2H3. The van der Waals surface area contributed by atoms with Crippen LogP contribution in [0.15, 0.2) is 22.9 Å². The van der Waals surface area contributed by atoms with Crippen molar-refractivity contribution < 1.29 is 23.5 Å². The maximum Gasteiger partial charge on any atom is 0.339 e. The zero-order chi connectivity index (χ0) is 16.9. The molecule has 0 saturated carbocycles. The van der Waals surface area contributed by atoms with Crippen molar-refractivity contribution in [2.45, 2.75) is 32.3 Å². The van der Waals surface area contributed by atoms with Gasteiger partial charge in [0.05, 0.1) is 23.9 Å². The highest BCUT2D eigenvalue weighted by Crippen LogP contribution is 2.30. The van der Waals surface area contributed by atoms with Gasteiger partial charge in [0, 0.05) is 31.4 Å². The molecule has 0 bridgehead atoms. The molecule has 0 spiro atoms. The van der Waals surface area contributed by atoms with E-state index < -0.39 is 5.97 Å². The molecule has 0 radical (unpaired) electrons. The van der Waals surface area contributed by atoms with Crippen LogP contribution >= 0.6 is 0 Å². The minimum absolute atomic E-state index is 0.326. The van der Waals surface area contributed by atoms with E-state index in [9.17, 15) is 4.79 Å². The van der Waals surface area contributed by atoms with E-state index in [1.165, 1.54) is 13.3 Å². The molecule has 2 aromatic heterocycles. The van der Waals surface area contributed by atoms with Gasteiger partial charge >= 0.3 is 5.97 Å². The Morgan fingerprint density at radius 2 is 2.12 bits per heavy atom. The van der Waals surface area contributed by atoms with Gasteiger partial charge in [0.25, 0.3) is 0 Å². The first-order valence-electron chi connectivity index (χ1n) is 7.89. The maximum absolute atomic E-state index is 11.4. The average molecular weight is 332 g/mol. The number of aryl methyl sites for hydroxylation is 1. The van der Waals surface area contributed by atoms with Gasteiger partial charge in [0.1, 0.15) is 12.4 Å². The molecule has 128 valence electrons. The number of methoxy groups -OCH3 is 1. The van der Waals surface area contributed by atoms with Crippen molar-refractivity contribution in [3.05, 3.63) is 40.9 Å². The highest BCUT2D eigenvalue weighted by Gasteiger charge is 2.24. The lowest BCUT2D eigenvalue weighted by molar-refractivity contribution is 0.0600. The molecule has 1 fully saturated rings. The second kappa shape index (κ2) is 7.44. The quantitative estimate of drug-likeness (QED) is 0.778. The summed E-state index contributed by atoms with van der Waals surface area (Å²) in [6.45, 7) is 3.69. The highest BCUT2D eigenvalue weighted by atomic mass is 16.5. The maximum atomic E-state index is 11.4. The number of aromatic nitrogens is 2. The summed E-state index contributed by atoms with van der Waals surface area (Å²) in [5.74, 6) is 1.10. The number of rotatable bonds is 5. The van der Waals surface area contributed by atoms with Crippen LogP contribution in [0.4, 0.5) is 0 Å². The first kappa shape index (κ1) is 16.4. The Bertz CT molecular complexity index is 690. The summed E-state index contributed by atoms with van der Waals surface area (Å²) in [4.78, 5) is 15.5. The first-order chi connectivity index (χ1) is 11.7. The first-order valence-corrected chi connectivity index (χ1v) is 7.89. The van der Waals surface area contributed by atoms with Crippen LogP contribution in [0.3, 0.4) is 0 Å². The number of ether oxygens (including phenoxy) is 3. The number of hydrogen-bond acceptors (Lipinski definition) is 7. The Balaban J connectivity index is 1.68. The molecule has 1 saturated heterocycles. The van der Waals surface area contributed by atoms with Crippen molar-refractivity contribution in [2.24, 2.45) is 0 Å².